The summed E-state index contributed by atoms with van der Waals surface area (Å²) in [5.41, 5.74) is 2.25. The molecule has 1 aliphatic heterocycles. The third-order valence-electron chi connectivity index (χ3n) is 7.31. The Bertz CT molecular complexity index is 2130. The third kappa shape index (κ3) is 8.21. The number of carbonyl (C=O) groups excluding carboxylic acids is 2. The maximum Gasteiger partial charge on any atom is 0.343 e. The zero-order valence-corrected chi connectivity index (χ0v) is 30.8. The fraction of sp³-hybridized carbons (Fsp3) is 0.257. The van der Waals surface area contributed by atoms with Gasteiger partial charge in [-0.05, 0) is 80.4 Å². The zero-order chi connectivity index (χ0) is 35.2. The first-order chi connectivity index (χ1) is 23.5. The molecular weight excluding hydrogens is 759 g/mol. The fourth-order valence-corrected chi connectivity index (χ4v) is 6.82. The van der Waals surface area contributed by atoms with Crippen LogP contribution >= 0.6 is 50.5 Å². The average molecular weight is 791 g/mol. The topological polar surface area (TPSA) is 115 Å². The normalized spacial score (nSPS) is 14.2. The quantitative estimate of drug-likeness (QED) is 0.152. The lowest BCUT2D eigenvalue weighted by Crippen LogP contribution is -2.40. The Kier molecular flexibility index (Phi) is 11.9. The second-order valence-corrected chi connectivity index (χ2v) is 13.3. The van der Waals surface area contributed by atoms with Crippen LogP contribution in [0.1, 0.15) is 43.5 Å². The number of halogens is 3. The molecule has 1 atom stereocenters. The number of hydrogen-bond acceptors (Lipinski definition) is 10. The van der Waals surface area contributed by atoms with Gasteiger partial charge >= 0.3 is 11.9 Å². The molecular formula is C35H31BrCl2N2O8S. The number of thiazole rings is 1. The van der Waals surface area contributed by atoms with Gasteiger partial charge in [0.15, 0.2) is 22.9 Å². The largest absolute Gasteiger partial charge is 0.490 e. The van der Waals surface area contributed by atoms with Crippen LogP contribution in [0.15, 0.2) is 80.1 Å². The molecule has 0 bridgehead atoms. The van der Waals surface area contributed by atoms with Crippen LogP contribution in [0.2, 0.25) is 10.0 Å². The van der Waals surface area contributed by atoms with E-state index in [1.165, 1.54) is 23.0 Å². The van der Waals surface area contributed by atoms with Crippen molar-refractivity contribution in [2.75, 3.05) is 26.9 Å². The molecule has 0 N–H and O–H groups in total. The zero-order valence-electron chi connectivity index (χ0n) is 26.9. The van der Waals surface area contributed by atoms with Crippen molar-refractivity contribution in [3.63, 3.8) is 0 Å². The first-order valence-electron chi connectivity index (χ1n) is 15.1. The van der Waals surface area contributed by atoms with Crippen LogP contribution in [-0.4, -0.2) is 43.4 Å². The molecule has 0 amide bonds. The van der Waals surface area contributed by atoms with Gasteiger partial charge in [0.2, 0.25) is 0 Å². The van der Waals surface area contributed by atoms with Gasteiger partial charge in [0.05, 0.1) is 52.2 Å². The number of fused-ring (bicyclic) bond motifs is 1. The Balaban J connectivity index is 1.61. The summed E-state index contributed by atoms with van der Waals surface area (Å²) in [6, 6.07) is 14.8. The van der Waals surface area contributed by atoms with Crippen molar-refractivity contribution >= 4 is 68.5 Å². The molecule has 256 valence electrons. The van der Waals surface area contributed by atoms with E-state index in [-0.39, 0.29) is 31.0 Å². The van der Waals surface area contributed by atoms with Gasteiger partial charge in [0.1, 0.15) is 12.4 Å². The van der Waals surface area contributed by atoms with Gasteiger partial charge in [-0.3, -0.25) is 9.36 Å². The Morgan fingerprint density at radius 1 is 0.959 bits per heavy atom. The smallest absolute Gasteiger partial charge is 0.343 e. The number of aromatic nitrogens is 1. The van der Waals surface area contributed by atoms with Crippen molar-refractivity contribution < 1.29 is 33.3 Å². The summed E-state index contributed by atoms with van der Waals surface area (Å²) in [6.07, 6.45) is 1.73. The summed E-state index contributed by atoms with van der Waals surface area (Å²) in [4.78, 5) is 44.5. The predicted molar refractivity (Wildman–Crippen MR) is 190 cm³/mol. The molecule has 1 aliphatic rings. The highest BCUT2D eigenvalue weighted by Crippen LogP contribution is 2.36. The highest BCUT2D eigenvalue weighted by atomic mass is 79.9. The lowest BCUT2D eigenvalue weighted by Gasteiger charge is -2.25. The summed E-state index contributed by atoms with van der Waals surface area (Å²) in [6.45, 7) is 5.53. The van der Waals surface area contributed by atoms with E-state index in [9.17, 15) is 14.4 Å². The number of ether oxygens (including phenoxy) is 5. The minimum Gasteiger partial charge on any atom is -0.490 e. The molecule has 0 saturated carbocycles. The number of rotatable bonds is 12. The van der Waals surface area contributed by atoms with Gasteiger partial charge in [-0.1, -0.05) is 62.6 Å². The Morgan fingerprint density at radius 2 is 1.73 bits per heavy atom. The number of benzene rings is 3. The molecule has 0 unspecified atom stereocenters. The SMILES string of the molecule is CCOC(=O)C1=C(C)N=c2s/c(=C\c3cc(Br)ccc3OCc3ccc(Cl)c(Cl)c3)c(=O)n2[C@H]1c1ccc(OCC(=O)OC)c(OCC)c1. The van der Waals surface area contributed by atoms with Crippen LogP contribution in [0.4, 0.5) is 0 Å². The van der Waals surface area contributed by atoms with E-state index in [4.69, 9.17) is 42.1 Å². The molecule has 14 heteroatoms. The van der Waals surface area contributed by atoms with E-state index in [2.05, 4.69) is 25.7 Å². The second kappa shape index (κ2) is 16.1. The molecule has 5 rings (SSSR count). The number of nitrogens with zero attached hydrogens (tertiary/aromatic N) is 2. The van der Waals surface area contributed by atoms with Crippen LogP contribution in [0, 0.1) is 0 Å². The summed E-state index contributed by atoms with van der Waals surface area (Å²) in [7, 11) is 1.27. The van der Waals surface area contributed by atoms with E-state index in [0.717, 1.165) is 10.0 Å². The van der Waals surface area contributed by atoms with E-state index >= 15 is 0 Å². The van der Waals surface area contributed by atoms with Gasteiger partial charge < -0.3 is 23.7 Å². The van der Waals surface area contributed by atoms with Crippen LogP contribution in [-0.2, 0) is 25.7 Å². The van der Waals surface area contributed by atoms with Crippen molar-refractivity contribution in [3.05, 3.63) is 117 Å². The van der Waals surface area contributed by atoms with Gasteiger partial charge in [-0.25, -0.2) is 14.6 Å². The Labute approximate surface area is 304 Å². The fourth-order valence-electron chi connectivity index (χ4n) is 5.08. The minimum absolute atomic E-state index is 0.130. The van der Waals surface area contributed by atoms with Crippen LogP contribution < -0.4 is 29.1 Å². The van der Waals surface area contributed by atoms with Gasteiger partial charge in [0, 0.05) is 10.0 Å². The molecule has 0 saturated heterocycles. The molecule has 0 fully saturated rings. The highest BCUT2D eigenvalue weighted by Gasteiger charge is 2.34. The van der Waals surface area contributed by atoms with Crippen molar-refractivity contribution in [2.45, 2.75) is 33.4 Å². The van der Waals surface area contributed by atoms with Gasteiger partial charge in [-0.15, -0.1) is 0 Å². The second-order valence-electron chi connectivity index (χ2n) is 10.5. The average Bonchev–Trinajstić information content (AvgIpc) is 3.38. The van der Waals surface area contributed by atoms with Crippen molar-refractivity contribution in [2.24, 2.45) is 4.99 Å². The van der Waals surface area contributed by atoms with E-state index < -0.39 is 18.0 Å². The summed E-state index contributed by atoms with van der Waals surface area (Å²) in [5, 5.41) is 0.866. The monoisotopic (exact) mass is 788 g/mol. The number of carbonyl (C=O) groups is 2. The molecule has 0 spiro atoms. The lowest BCUT2D eigenvalue weighted by atomic mass is 9.95. The van der Waals surface area contributed by atoms with Crippen molar-refractivity contribution in [3.8, 4) is 17.2 Å². The van der Waals surface area contributed by atoms with Gasteiger partial charge in [-0.2, -0.15) is 0 Å². The molecule has 4 aromatic rings. The number of esters is 2. The molecule has 10 nitrogen and oxygen atoms in total. The van der Waals surface area contributed by atoms with Crippen molar-refractivity contribution in [1.29, 1.82) is 0 Å². The first kappa shape index (κ1) is 36.2. The summed E-state index contributed by atoms with van der Waals surface area (Å²) >= 11 is 17.0. The maximum atomic E-state index is 14.3. The molecule has 3 aromatic carbocycles. The standard InChI is InChI=1S/C35H31BrCl2N2O8S/c1-5-45-28-15-21(8-11-27(28)48-18-30(41)44-4)32-31(34(43)46-6-2)19(3)39-35-40(32)33(42)29(49-35)16-22-14-23(36)9-12-26(22)47-17-20-7-10-24(37)25(38)13-20/h7-16,32H,5-6,17-18H2,1-4H3/b29-16-/t32-/m0/s1. The minimum atomic E-state index is -0.904. The number of methoxy groups -OCH3 is 1. The predicted octanol–water partition coefficient (Wildman–Crippen LogP) is 6.40. The third-order valence-corrected chi connectivity index (χ3v) is 9.53. The lowest BCUT2D eigenvalue weighted by molar-refractivity contribution is -0.143. The van der Waals surface area contributed by atoms with Crippen molar-refractivity contribution in [1.82, 2.24) is 4.57 Å². The first-order valence-corrected chi connectivity index (χ1v) is 17.4. The number of allylic oxidation sites excluding steroid dienone is 1. The highest BCUT2D eigenvalue weighted by molar-refractivity contribution is 9.10. The molecule has 2 heterocycles. The van der Waals surface area contributed by atoms with E-state index in [0.29, 0.717) is 60.1 Å². The molecule has 49 heavy (non-hydrogen) atoms. The van der Waals surface area contributed by atoms with Crippen LogP contribution in [0.3, 0.4) is 0 Å². The van der Waals surface area contributed by atoms with Crippen LogP contribution in [0.25, 0.3) is 6.08 Å². The van der Waals surface area contributed by atoms with E-state index in [1.807, 2.05) is 18.2 Å². The maximum absolute atomic E-state index is 14.3. The summed E-state index contributed by atoms with van der Waals surface area (Å²) in [5.74, 6) is -0.0113. The van der Waals surface area contributed by atoms with E-state index in [1.54, 1.807) is 63.2 Å². The Hall–Kier alpha value is -4.10. The Morgan fingerprint density at radius 3 is 2.45 bits per heavy atom. The van der Waals surface area contributed by atoms with Gasteiger partial charge in [0.25, 0.3) is 5.56 Å². The number of hydrogen-bond donors (Lipinski definition) is 0. The molecule has 1 aromatic heterocycles. The molecule has 0 radical (unpaired) electrons. The van der Waals surface area contributed by atoms with Crippen LogP contribution in [0.5, 0.6) is 17.2 Å². The molecule has 0 aliphatic carbocycles. The summed E-state index contributed by atoms with van der Waals surface area (Å²) < 4.78 is 30.4.